The number of methoxy groups -OCH3 is 1. The lowest BCUT2D eigenvalue weighted by Crippen LogP contribution is -2.19. The number of allylic oxidation sites excluding steroid dienone is 1. The average molecular weight is 300 g/mol. The number of nitrogens with zero attached hydrogens (tertiary/aromatic N) is 1. The van der Waals surface area contributed by atoms with E-state index in [9.17, 15) is 9.59 Å². The van der Waals surface area contributed by atoms with E-state index in [1.54, 1.807) is 18.3 Å². The Morgan fingerprint density at radius 2 is 1.95 bits per heavy atom. The van der Waals surface area contributed by atoms with Crippen LogP contribution in [-0.4, -0.2) is 24.6 Å². The Hall–Kier alpha value is -2.43. The highest BCUT2D eigenvalue weighted by molar-refractivity contribution is 6.04. The summed E-state index contributed by atoms with van der Waals surface area (Å²) in [6.07, 6.45) is 2.73. The summed E-state index contributed by atoms with van der Waals surface area (Å²) in [5.41, 5.74) is 9.10. The number of carbonyl (C=O) groups is 2. The van der Waals surface area contributed by atoms with Crippen molar-refractivity contribution in [1.29, 1.82) is 0 Å². The first-order chi connectivity index (χ1) is 10.5. The predicted molar refractivity (Wildman–Crippen MR) is 84.6 cm³/mol. The Labute approximate surface area is 129 Å². The maximum absolute atomic E-state index is 12.0. The molecule has 1 aromatic rings. The van der Waals surface area contributed by atoms with Gasteiger partial charge in [0.2, 0.25) is 0 Å². The van der Waals surface area contributed by atoms with E-state index in [-0.39, 0.29) is 30.5 Å². The molecule has 0 saturated carbocycles. The molecule has 0 amide bonds. The summed E-state index contributed by atoms with van der Waals surface area (Å²) in [6.45, 7) is 2.08. The molecule has 0 saturated heterocycles. The highest BCUT2D eigenvalue weighted by atomic mass is 16.5. The van der Waals surface area contributed by atoms with Crippen LogP contribution in [0.15, 0.2) is 41.2 Å². The predicted octanol–water partition coefficient (Wildman–Crippen LogP) is 2.45. The van der Waals surface area contributed by atoms with Gasteiger partial charge < -0.3 is 10.5 Å². The summed E-state index contributed by atoms with van der Waals surface area (Å²) in [7, 11) is 1.31. The van der Waals surface area contributed by atoms with Gasteiger partial charge in [-0.05, 0) is 12.0 Å². The molecule has 0 aliphatic carbocycles. The highest BCUT2D eigenvalue weighted by Gasteiger charge is 2.17. The Bertz CT molecular complexity index is 630. The van der Waals surface area contributed by atoms with Crippen molar-refractivity contribution in [2.45, 2.75) is 26.2 Å². The number of rotatable bonds is 5. The Morgan fingerprint density at radius 3 is 2.55 bits per heavy atom. The van der Waals surface area contributed by atoms with Crippen LogP contribution in [0.3, 0.4) is 0 Å². The zero-order chi connectivity index (χ0) is 16.1. The summed E-state index contributed by atoms with van der Waals surface area (Å²) in [5.74, 6) is -0.190. The van der Waals surface area contributed by atoms with E-state index in [2.05, 4.69) is 16.7 Å². The van der Waals surface area contributed by atoms with Crippen molar-refractivity contribution in [3.8, 4) is 0 Å². The van der Waals surface area contributed by atoms with Gasteiger partial charge in [-0.25, -0.2) is 0 Å². The molecule has 0 radical (unpaired) electrons. The van der Waals surface area contributed by atoms with Crippen molar-refractivity contribution in [2.24, 2.45) is 16.6 Å². The molecule has 1 aliphatic rings. The molecule has 1 unspecified atom stereocenters. The number of aliphatic imine (C=N–C) groups is 1. The van der Waals surface area contributed by atoms with Gasteiger partial charge in [0.25, 0.3) is 0 Å². The van der Waals surface area contributed by atoms with Crippen molar-refractivity contribution in [2.75, 3.05) is 7.11 Å². The zero-order valence-electron chi connectivity index (χ0n) is 12.8. The average Bonchev–Trinajstić information content (AvgIpc) is 2.52. The molecule has 22 heavy (non-hydrogen) atoms. The topological polar surface area (TPSA) is 81.8 Å². The monoisotopic (exact) mass is 300 g/mol. The van der Waals surface area contributed by atoms with Crippen LogP contribution in [0.4, 0.5) is 0 Å². The molecular formula is C17H20N2O3. The Kier molecular flexibility index (Phi) is 5.09. The number of hydrogen-bond donors (Lipinski definition) is 1. The molecule has 0 spiro atoms. The van der Waals surface area contributed by atoms with Crippen LogP contribution >= 0.6 is 0 Å². The van der Waals surface area contributed by atoms with E-state index < -0.39 is 0 Å². The lowest BCUT2D eigenvalue weighted by atomic mass is 9.91. The number of benzene rings is 1. The molecule has 2 N–H and O–H groups in total. The smallest absolute Gasteiger partial charge is 0.305 e. The Balaban J connectivity index is 2.07. The van der Waals surface area contributed by atoms with Crippen molar-refractivity contribution in [3.05, 3.63) is 47.3 Å². The fraction of sp³-hybridized carbons (Fsp3) is 0.353. The van der Waals surface area contributed by atoms with Gasteiger partial charge in [0.15, 0.2) is 5.78 Å². The van der Waals surface area contributed by atoms with Crippen molar-refractivity contribution in [1.82, 2.24) is 0 Å². The van der Waals surface area contributed by atoms with Crippen molar-refractivity contribution >= 4 is 17.5 Å². The molecule has 1 aliphatic heterocycles. The van der Waals surface area contributed by atoms with Crippen LogP contribution in [0, 0.1) is 5.92 Å². The number of nitrogens with two attached hydrogens (primary N) is 1. The molecule has 1 heterocycles. The summed E-state index contributed by atoms with van der Waals surface area (Å²) >= 11 is 0. The van der Waals surface area contributed by atoms with Crippen LogP contribution in [0.25, 0.3) is 0 Å². The first kappa shape index (κ1) is 15.9. The fourth-order valence-corrected chi connectivity index (χ4v) is 2.43. The molecule has 0 bridgehead atoms. The number of ketones is 1. The van der Waals surface area contributed by atoms with Crippen molar-refractivity contribution in [3.63, 3.8) is 0 Å². The molecule has 1 aromatic carbocycles. The quantitative estimate of drug-likeness (QED) is 0.669. The number of ether oxygens (including phenoxy) is 1. The first-order valence-electron chi connectivity index (χ1n) is 7.24. The molecule has 5 nitrogen and oxygen atoms in total. The molecule has 1 atom stereocenters. The molecular weight excluding hydrogens is 280 g/mol. The lowest BCUT2D eigenvalue weighted by molar-refractivity contribution is -0.140. The second-order valence-electron chi connectivity index (χ2n) is 5.40. The van der Waals surface area contributed by atoms with E-state index in [0.29, 0.717) is 5.56 Å². The van der Waals surface area contributed by atoms with E-state index in [0.717, 1.165) is 23.4 Å². The van der Waals surface area contributed by atoms with Gasteiger partial charge in [-0.2, -0.15) is 0 Å². The third kappa shape index (κ3) is 3.81. The molecule has 0 fully saturated rings. The van der Waals surface area contributed by atoms with Gasteiger partial charge in [-0.15, -0.1) is 0 Å². The second kappa shape index (κ2) is 7.02. The number of carbonyl (C=O) groups excluding carboxylic acids is 2. The number of esters is 1. The van der Waals surface area contributed by atoms with Crippen LogP contribution in [0.5, 0.6) is 0 Å². The summed E-state index contributed by atoms with van der Waals surface area (Å²) in [6, 6.07) is 7.31. The van der Waals surface area contributed by atoms with Crippen LogP contribution in [0.1, 0.15) is 42.1 Å². The van der Waals surface area contributed by atoms with Crippen molar-refractivity contribution < 1.29 is 14.3 Å². The third-order valence-corrected chi connectivity index (χ3v) is 3.66. The molecule has 116 valence electrons. The summed E-state index contributed by atoms with van der Waals surface area (Å²) in [4.78, 5) is 27.5. The van der Waals surface area contributed by atoms with Gasteiger partial charge >= 0.3 is 5.97 Å². The lowest BCUT2D eigenvalue weighted by Gasteiger charge is -2.18. The molecule has 5 heteroatoms. The fourth-order valence-electron chi connectivity index (χ4n) is 2.43. The first-order valence-corrected chi connectivity index (χ1v) is 7.24. The molecule has 2 rings (SSSR count). The van der Waals surface area contributed by atoms with E-state index in [1.807, 2.05) is 12.1 Å². The van der Waals surface area contributed by atoms with Gasteiger partial charge in [0.05, 0.1) is 19.2 Å². The Morgan fingerprint density at radius 1 is 1.27 bits per heavy atom. The van der Waals surface area contributed by atoms with Gasteiger partial charge in [-0.3, -0.25) is 14.6 Å². The summed E-state index contributed by atoms with van der Waals surface area (Å²) < 4.78 is 4.53. The largest absolute Gasteiger partial charge is 0.469 e. The maximum Gasteiger partial charge on any atom is 0.305 e. The maximum atomic E-state index is 12.0. The van der Waals surface area contributed by atoms with Crippen LogP contribution in [0.2, 0.25) is 0 Å². The minimum atomic E-state index is -0.375. The SMILES string of the molecule is COC(=O)CCC(=O)c1ccc(C2=NC=C(N)CC2C)cc1. The third-order valence-electron chi connectivity index (χ3n) is 3.66. The standard InChI is InChI=1S/C17H20N2O3/c1-11-9-14(18)10-19-17(11)13-5-3-12(4-6-13)15(20)7-8-16(21)22-2/h3-6,10-11H,7-9,18H2,1-2H3. The van der Waals surface area contributed by atoms with E-state index >= 15 is 0 Å². The van der Waals surface area contributed by atoms with Gasteiger partial charge in [-0.1, -0.05) is 31.2 Å². The second-order valence-corrected chi connectivity index (χ2v) is 5.40. The van der Waals surface area contributed by atoms with Gasteiger partial charge in [0, 0.05) is 29.8 Å². The minimum absolute atomic E-state index is 0.0697. The number of Topliss-reactive ketones (excluding diaryl/α,β-unsaturated/α-hetero) is 1. The minimum Gasteiger partial charge on any atom is -0.469 e. The highest BCUT2D eigenvalue weighted by Crippen LogP contribution is 2.21. The van der Waals surface area contributed by atoms with Gasteiger partial charge in [0.1, 0.15) is 0 Å². The van der Waals surface area contributed by atoms with E-state index in [1.165, 1.54) is 7.11 Å². The normalized spacial score (nSPS) is 17.5. The van der Waals surface area contributed by atoms with E-state index in [4.69, 9.17) is 5.73 Å². The van der Waals surface area contributed by atoms with Crippen LogP contribution in [-0.2, 0) is 9.53 Å². The number of hydrogen-bond acceptors (Lipinski definition) is 5. The zero-order valence-corrected chi connectivity index (χ0v) is 12.8. The summed E-state index contributed by atoms with van der Waals surface area (Å²) in [5, 5.41) is 0. The molecule has 0 aromatic heterocycles. The van der Waals surface area contributed by atoms with Crippen LogP contribution < -0.4 is 5.73 Å².